The average molecular weight is 354 g/mol. The number of carbonyl (C=O) groups excluding carboxylic acids is 1. The lowest BCUT2D eigenvalue weighted by Crippen LogP contribution is -2.50. The molecule has 1 fully saturated rings. The predicted molar refractivity (Wildman–Crippen MR) is 92.5 cm³/mol. The molecule has 0 spiro atoms. The van der Waals surface area contributed by atoms with Gasteiger partial charge in [0.1, 0.15) is 11.8 Å². The maximum absolute atomic E-state index is 12.7. The van der Waals surface area contributed by atoms with E-state index in [0.717, 1.165) is 18.4 Å². The fourth-order valence-electron chi connectivity index (χ4n) is 2.86. The quantitative estimate of drug-likeness (QED) is 0.847. The van der Waals surface area contributed by atoms with Crippen LogP contribution in [0.2, 0.25) is 0 Å². The van der Waals surface area contributed by atoms with Gasteiger partial charge in [0.15, 0.2) is 0 Å². The lowest BCUT2D eigenvalue weighted by atomic mass is 10.0. The van der Waals surface area contributed by atoms with Crippen LogP contribution in [0.1, 0.15) is 32.3 Å². The van der Waals surface area contributed by atoms with E-state index in [1.807, 2.05) is 13.8 Å². The zero-order chi connectivity index (χ0) is 17.9. The SMILES string of the molecule is COc1ccc(S(=O)(=O)N[C@H](C(=O)N2CCCC2)C(C)C)cc1C. The van der Waals surface area contributed by atoms with Gasteiger partial charge in [0.2, 0.25) is 15.9 Å². The summed E-state index contributed by atoms with van der Waals surface area (Å²) in [6.45, 7) is 6.88. The lowest BCUT2D eigenvalue weighted by molar-refractivity contribution is -0.132. The first-order valence-electron chi connectivity index (χ1n) is 8.22. The number of carbonyl (C=O) groups is 1. The molecule has 1 N–H and O–H groups in total. The number of nitrogens with one attached hydrogen (secondary N) is 1. The number of amides is 1. The van der Waals surface area contributed by atoms with Gasteiger partial charge in [-0.3, -0.25) is 4.79 Å². The standard InChI is InChI=1S/C17H26N2O4S/c1-12(2)16(17(20)19-9-5-6-10-19)18-24(21,22)14-7-8-15(23-4)13(3)11-14/h7-8,11-12,16,18H,5-6,9-10H2,1-4H3/t16-/m0/s1. The van der Waals surface area contributed by atoms with Crippen LogP contribution in [-0.2, 0) is 14.8 Å². The van der Waals surface area contributed by atoms with Gasteiger partial charge in [0.25, 0.3) is 0 Å². The smallest absolute Gasteiger partial charge is 0.241 e. The van der Waals surface area contributed by atoms with E-state index < -0.39 is 16.1 Å². The van der Waals surface area contributed by atoms with Crippen molar-refractivity contribution in [3.8, 4) is 5.75 Å². The van der Waals surface area contributed by atoms with Crippen LogP contribution in [0.25, 0.3) is 0 Å². The van der Waals surface area contributed by atoms with Gasteiger partial charge >= 0.3 is 0 Å². The largest absolute Gasteiger partial charge is 0.496 e. The van der Waals surface area contributed by atoms with Gasteiger partial charge in [0.05, 0.1) is 12.0 Å². The van der Waals surface area contributed by atoms with Gasteiger partial charge in [-0.2, -0.15) is 4.72 Å². The molecule has 0 bridgehead atoms. The molecule has 1 aliphatic heterocycles. The number of rotatable bonds is 6. The van der Waals surface area contributed by atoms with Crippen molar-refractivity contribution in [3.05, 3.63) is 23.8 Å². The summed E-state index contributed by atoms with van der Waals surface area (Å²) in [5.41, 5.74) is 0.729. The first kappa shape index (κ1) is 18.7. The van der Waals surface area contributed by atoms with Crippen LogP contribution < -0.4 is 9.46 Å². The van der Waals surface area contributed by atoms with Crippen molar-refractivity contribution in [1.29, 1.82) is 0 Å². The van der Waals surface area contributed by atoms with E-state index >= 15 is 0 Å². The molecule has 0 aromatic heterocycles. The van der Waals surface area contributed by atoms with Crippen molar-refractivity contribution in [2.45, 2.75) is 44.6 Å². The minimum Gasteiger partial charge on any atom is -0.496 e. The first-order valence-corrected chi connectivity index (χ1v) is 9.70. The van der Waals surface area contributed by atoms with Crippen LogP contribution in [0, 0.1) is 12.8 Å². The molecule has 0 saturated carbocycles. The predicted octanol–water partition coefficient (Wildman–Crippen LogP) is 1.93. The van der Waals surface area contributed by atoms with Crippen LogP contribution in [0.15, 0.2) is 23.1 Å². The van der Waals surface area contributed by atoms with Crippen molar-refractivity contribution < 1.29 is 17.9 Å². The van der Waals surface area contributed by atoms with E-state index in [0.29, 0.717) is 18.8 Å². The monoisotopic (exact) mass is 354 g/mol. The normalized spacial score (nSPS) is 16.5. The van der Waals surface area contributed by atoms with Gasteiger partial charge in [-0.05, 0) is 49.4 Å². The topological polar surface area (TPSA) is 75.7 Å². The van der Waals surface area contributed by atoms with Crippen LogP contribution in [0.3, 0.4) is 0 Å². The summed E-state index contributed by atoms with van der Waals surface area (Å²) < 4.78 is 33.1. The van der Waals surface area contributed by atoms with E-state index in [1.165, 1.54) is 13.2 Å². The molecule has 24 heavy (non-hydrogen) atoms. The Balaban J connectivity index is 2.24. The Morgan fingerprint density at radius 1 is 1.25 bits per heavy atom. The third kappa shape index (κ3) is 4.08. The number of hydrogen-bond acceptors (Lipinski definition) is 4. The molecule has 1 aliphatic rings. The van der Waals surface area contributed by atoms with Crippen LogP contribution in [-0.4, -0.2) is 45.5 Å². The van der Waals surface area contributed by atoms with Gasteiger partial charge in [-0.1, -0.05) is 13.8 Å². The summed E-state index contributed by atoms with van der Waals surface area (Å²) in [7, 11) is -2.24. The molecule has 2 rings (SSSR count). The van der Waals surface area contributed by atoms with Crippen molar-refractivity contribution in [1.82, 2.24) is 9.62 Å². The zero-order valence-corrected chi connectivity index (χ0v) is 15.5. The molecule has 1 atom stereocenters. The second kappa shape index (κ2) is 7.53. The molecular formula is C17H26N2O4S. The lowest BCUT2D eigenvalue weighted by Gasteiger charge is -2.26. The van der Waals surface area contributed by atoms with Gasteiger partial charge in [-0.15, -0.1) is 0 Å². The Labute approximate surface area is 144 Å². The summed E-state index contributed by atoms with van der Waals surface area (Å²) in [5.74, 6) is 0.353. The Kier molecular flexibility index (Phi) is 5.87. The third-order valence-corrected chi connectivity index (χ3v) is 5.75. The zero-order valence-electron chi connectivity index (χ0n) is 14.7. The maximum Gasteiger partial charge on any atom is 0.241 e. The molecule has 6 nitrogen and oxygen atoms in total. The molecule has 1 amide bonds. The highest BCUT2D eigenvalue weighted by Crippen LogP contribution is 2.22. The number of ether oxygens (including phenoxy) is 1. The highest BCUT2D eigenvalue weighted by Gasteiger charge is 2.32. The molecule has 1 saturated heterocycles. The number of nitrogens with zero attached hydrogens (tertiary/aromatic N) is 1. The van der Waals surface area contributed by atoms with E-state index in [1.54, 1.807) is 24.0 Å². The number of methoxy groups -OCH3 is 1. The van der Waals surface area contributed by atoms with E-state index in [4.69, 9.17) is 4.74 Å². The fraction of sp³-hybridized carbons (Fsp3) is 0.588. The first-order chi connectivity index (χ1) is 11.3. The Bertz CT molecular complexity index is 695. The average Bonchev–Trinajstić information content (AvgIpc) is 3.06. The maximum atomic E-state index is 12.7. The summed E-state index contributed by atoms with van der Waals surface area (Å²) >= 11 is 0. The van der Waals surface area contributed by atoms with Crippen LogP contribution in [0.4, 0.5) is 0 Å². The molecular weight excluding hydrogens is 328 g/mol. The number of sulfonamides is 1. The molecule has 1 aromatic carbocycles. The van der Waals surface area contributed by atoms with Crippen molar-refractivity contribution in [3.63, 3.8) is 0 Å². The molecule has 7 heteroatoms. The molecule has 1 aromatic rings. The van der Waals surface area contributed by atoms with Crippen LogP contribution >= 0.6 is 0 Å². The van der Waals surface area contributed by atoms with E-state index in [9.17, 15) is 13.2 Å². The number of benzene rings is 1. The van der Waals surface area contributed by atoms with Crippen molar-refractivity contribution in [2.24, 2.45) is 5.92 Å². The molecule has 0 radical (unpaired) electrons. The van der Waals surface area contributed by atoms with Gasteiger partial charge in [0, 0.05) is 13.1 Å². The highest BCUT2D eigenvalue weighted by atomic mass is 32.2. The molecule has 1 heterocycles. The Hall–Kier alpha value is -1.60. The number of likely N-dealkylation sites (tertiary alicyclic amines) is 1. The highest BCUT2D eigenvalue weighted by molar-refractivity contribution is 7.89. The Morgan fingerprint density at radius 3 is 2.38 bits per heavy atom. The van der Waals surface area contributed by atoms with Gasteiger partial charge < -0.3 is 9.64 Å². The number of aryl methyl sites for hydroxylation is 1. The number of hydrogen-bond donors (Lipinski definition) is 1. The van der Waals surface area contributed by atoms with Crippen LogP contribution in [0.5, 0.6) is 5.75 Å². The summed E-state index contributed by atoms with van der Waals surface area (Å²) in [6.07, 6.45) is 1.95. The Morgan fingerprint density at radius 2 is 1.88 bits per heavy atom. The minimum atomic E-state index is -3.78. The van der Waals surface area contributed by atoms with Crippen molar-refractivity contribution >= 4 is 15.9 Å². The summed E-state index contributed by atoms with van der Waals surface area (Å²) in [6, 6.07) is 3.91. The third-order valence-electron chi connectivity index (χ3n) is 4.31. The second-order valence-corrected chi connectivity index (χ2v) is 8.22. The summed E-state index contributed by atoms with van der Waals surface area (Å²) in [4.78, 5) is 14.5. The molecule has 0 aliphatic carbocycles. The van der Waals surface area contributed by atoms with E-state index in [-0.39, 0.29) is 16.7 Å². The molecule has 134 valence electrons. The van der Waals surface area contributed by atoms with E-state index in [2.05, 4.69) is 4.72 Å². The summed E-state index contributed by atoms with van der Waals surface area (Å²) in [5, 5.41) is 0. The minimum absolute atomic E-state index is 0.132. The van der Waals surface area contributed by atoms with Crippen molar-refractivity contribution in [2.75, 3.05) is 20.2 Å². The second-order valence-electron chi connectivity index (χ2n) is 6.51. The van der Waals surface area contributed by atoms with Gasteiger partial charge in [-0.25, -0.2) is 8.42 Å². The fourth-order valence-corrected chi connectivity index (χ4v) is 4.28. The molecule has 0 unspecified atom stereocenters.